The zero-order valence-corrected chi connectivity index (χ0v) is 15.3. The van der Waals surface area contributed by atoms with Crippen LogP contribution in [-0.2, 0) is 15.9 Å². The first-order chi connectivity index (χ1) is 9.86. The second-order valence-electron chi connectivity index (χ2n) is 6.14. The van der Waals surface area contributed by atoms with Gasteiger partial charge in [-0.1, -0.05) is 13.8 Å². The van der Waals surface area contributed by atoms with E-state index in [0.717, 1.165) is 29.7 Å². The molecule has 0 N–H and O–H groups in total. The molecule has 0 aliphatic carbocycles. The molecule has 0 bridgehead atoms. The van der Waals surface area contributed by atoms with Crippen molar-refractivity contribution in [2.75, 3.05) is 13.1 Å². The van der Waals surface area contributed by atoms with E-state index in [4.69, 9.17) is 11.6 Å². The molecule has 0 amide bonds. The quantitative estimate of drug-likeness (QED) is 0.762. The molecular weight excluding hydrogens is 326 g/mol. The van der Waals surface area contributed by atoms with Crippen LogP contribution < -0.4 is 0 Å². The molecule has 2 rings (SSSR count). The summed E-state index contributed by atoms with van der Waals surface area (Å²) in [6.45, 7) is 7.65. The molecule has 1 fully saturated rings. The molecule has 1 unspecified atom stereocenters. The van der Waals surface area contributed by atoms with Crippen molar-refractivity contribution in [2.24, 2.45) is 11.8 Å². The van der Waals surface area contributed by atoms with E-state index in [1.54, 1.807) is 10.4 Å². The Morgan fingerprint density at radius 3 is 2.67 bits per heavy atom. The summed E-state index contributed by atoms with van der Waals surface area (Å²) in [5.74, 6) is 1.63. The third-order valence-corrected chi connectivity index (χ3v) is 8.40. The average Bonchev–Trinajstić information content (AvgIpc) is 2.65. The average molecular weight is 350 g/mol. The van der Waals surface area contributed by atoms with Crippen LogP contribution in [0.3, 0.4) is 0 Å². The topological polar surface area (TPSA) is 37.4 Å². The molecule has 21 heavy (non-hydrogen) atoms. The molecule has 1 aromatic heterocycles. The lowest BCUT2D eigenvalue weighted by molar-refractivity contribution is 0.341. The molecular formula is C15H24ClNO2S2. The minimum Gasteiger partial charge on any atom is -0.206 e. The Kier molecular flexibility index (Phi) is 5.74. The largest absolute Gasteiger partial charge is 0.252 e. The van der Waals surface area contributed by atoms with Crippen molar-refractivity contribution in [2.45, 2.75) is 50.1 Å². The van der Waals surface area contributed by atoms with Crippen LogP contribution in [0.4, 0.5) is 0 Å². The van der Waals surface area contributed by atoms with Gasteiger partial charge in [0, 0.05) is 18.0 Å². The van der Waals surface area contributed by atoms with E-state index in [1.807, 2.05) is 6.92 Å². The summed E-state index contributed by atoms with van der Waals surface area (Å²) in [6.07, 6.45) is 3.04. The Bertz CT molecular complexity index is 580. The number of rotatable bonds is 4. The van der Waals surface area contributed by atoms with Gasteiger partial charge in [-0.2, -0.15) is 4.31 Å². The minimum absolute atomic E-state index is 0.376. The monoisotopic (exact) mass is 349 g/mol. The first kappa shape index (κ1) is 17.3. The van der Waals surface area contributed by atoms with Gasteiger partial charge in [0.25, 0.3) is 10.0 Å². The smallest absolute Gasteiger partial charge is 0.206 e. The van der Waals surface area contributed by atoms with Crippen molar-refractivity contribution >= 4 is 33.0 Å². The standard InChI is InChI=1S/C15H24ClNO2S2/c1-11(2)13-5-4-7-17(8-6-13)21(18,19)15-9-12(3)14(10-16)20-15/h9,11,13H,4-8,10H2,1-3H3. The van der Waals surface area contributed by atoms with Gasteiger partial charge in [0.15, 0.2) is 0 Å². The van der Waals surface area contributed by atoms with Gasteiger partial charge >= 0.3 is 0 Å². The van der Waals surface area contributed by atoms with Crippen molar-refractivity contribution in [1.29, 1.82) is 0 Å². The van der Waals surface area contributed by atoms with E-state index in [-0.39, 0.29) is 0 Å². The highest BCUT2D eigenvalue weighted by molar-refractivity contribution is 7.91. The van der Waals surface area contributed by atoms with Gasteiger partial charge in [-0.3, -0.25) is 0 Å². The van der Waals surface area contributed by atoms with Crippen molar-refractivity contribution in [3.8, 4) is 0 Å². The summed E-state index contributed by atoms with van der Waals surface area (Å²) >= 11 is 7.18. The van der Waals surface area contributed by atoms with Crippen molar-refractivity contribution in [1.82, 2.24) is 4.31 Å². The maximum atomic E-state index is 12.8. The van der Waals surface area contributed by atoms with Crippen LogP contribution in [0.15, 0.2) is 10.3 Å². The molecule has 6 heteroatoms. The Hall–Kier alpha value is -0.100. The van der Waals surface area contributed by atoms with E-state index < -0.39 is 10.0 Å². The fraction of sp³-hybridized carbons (Fsp3) is 0.733. The number of thiophene rings is 1. The highest BCUT2D eigenvalue weighted by atomic mass is 35.5. The Morgan fingerprint density at radius 1 is 1.38 bits per heavy atom. The molecule has 2 heterocycles. The number of aryl methyl sites for hydroxylation is 1. The van der Waals surface area contributed by atoms with Crippen LogP contribution in [0.2, 0.25) is 0 Å². The fourth-order valence-electron chi connectivity index (χ4n) is 2.88. The number of sulfonamides is 1. The second-order valence-corrected chi connectivity index (χ2v) is 9.71. The Labute approximate surface area is 137 Å². The summed E-state index contributed by atoms with van der Waals surface area (Å²) in [5, 5.41) is 0. The van der Waals surface area contributed by atoms with E-state index in [0.29, 0.717) is 35.0 Å². The normalized spacial score (nSPS) is 21.7. The minimum atomic E-state index is -3.35. The van der Waals surface area contributed by atoms with Gasteiger partial charge in [-0.15, -0.1) is 22.9 Å². The fourth-order valence-corrected chi connectivity index (χ4v) is 6.34. The number of alkyl halides is 1. The van der Waals surface area contributed by atoms with Crippen LogP contribution in [-0.4, -0.2) is 25.8 Å². The maximum absolute atomic E-state index is 12.8. The van der Waals surface area contributed by atoms with E-state index in [9.17, 15) is 8.42 Å². The van der Waals surface area contributed by atoms with Crippen molar-refractivity contribution < 1.29 is 8.42 Å². The van der Waals surface area contributed by atoms with Crippen LogP contribution in [0.5, 0.6) is 0 Å². The maximum Gasteiger partial charge on any atom is 0.252 e. The molecule has 0 saturated carbocycles. The van der Waals surface area contributed by atoms with Crippen molar-refractivity contribution in [3.05, 3.63) is 16.5 Å². The van der Waals surface area contributed by atoms with Gasteiger partial charge in [-0.05, 0) is 49.7 Å². The first-order valence-electron chi connectivity index (χ1n) is 7.51. The van der Waals surface area contributed by atoms with Gasteiger partial charge in [0.2, 0.25) is 0 Å². The van der Waals surface area contributed by atoms with Crippen LogP contribution >= 0.6 is 22.9 Å². The zero-order chi connectivity index (χ0) is 15.6. The highest BCUT2D eigenvalue weighted by Gasteiger charge is 2.30. The van der Waals surface area contributed by atoms with Gasteiger partial charge in [0.1, 0.15) is 4.21 Å². The van der Waals surface area contributed by atoms with Crippen LogP contribution in [0.1, 0.15) is 43.6 Å². The number of hydrogen-bond acceptors (Lipinski definition) is 3. The second kappa shape index (κ2) is 6.99. The van der Waals surface area contributed by atoms with E-state index in [2.05, 4.69) is 13.8 Å². The van der Waals surface area contributed by atoms with Gasteiger partial charge in [0.05, 0.1) is 5.88 Å². The molecule has 1 aliphatic heterocycles. The Balaban J connectivity index is 2.19. The van der Waals surface area contributed by atoms with Gasteiger partial charge in [-0.25, -0.2) is 8.42 Å². The molecule has 0 aromatic carbocycles. The Morgan fingerprint density at radius 2 is 2.10 bits per heavy atom. The summed E-state index contributed by atoms with van der Waals surface area (Å²) in [7, 11) is -3.35. The summed E-state index contributed by atoms with van der Waals surface area (Å²) in [4.78, 5) is 0.949. The predicted molar refractivity (Wildman–Crippen MR) is 89.6 cm³/mol. The number of hydrogen-bond donors (Lipinski definition) is 0. The zero-order valence-electron chi connectivity index (χ0n) is 12.9. The van der Waals surface area contributed by atoms with E-state index in [1.165, 1.54) is 11.3 Å². The van der Waals surface area contributed by atoms with Gasteiger partial charge < -0.3 is 0 Å². The molecule has 0 spiro atoms. The molecule has 120 valence electrons. The van der Waals surface area contributed by atoms with E-state index >= 15 is 0 Å². The van der Waals surface area contributed by atoms with Crippen molar-refractivity contribution in [3.63, 3.8) is 0 Å². The lowest BCUT2D eigenvalue weighted by Crippen LogP contribution is -2.31. The lowest BCUT2D eigenvalue weighted by atomic mass is 9.89. The number of halogens is 1. The third kappa shape index (κ3) is 3.81. The highest BCUT2D eigenvalue weighted by Crippen LogP contribution is 2.32. The summed E-state index contributed by atoms with van der Waals surface area (Å²) in [6, 6.07) is 1.77. The number of nitrogens with zero attached hydrogens (tertiary/aromatic N) is 1. The molecule has 1 aromatic rings. The summed E-state index contributed by atoms with van der Waals surface area (Å²) in [5.41, 5.74) is 0.975. The SMILES string of the molecule is Cc1cc(S(=O)(=O)N2CCCC(C(C)C)CC2)sc1CCl. The molecule has 1 aliphatic rings. The van der Waals surface area contributed by atoms with Crippen LogP contribution in [0, 0.1) is 18.8 Å². The lowest BCUT2D eigenvalue weighted by Gasteiger charge is -2.20. The molecule has 1 atom stereocenters. The predicted octanol–water partition coefficient (Wildman–Crippen LogP) is 4.24. The van der Waals surface area contributed by atoms with Crippen LogP contribution in [0.25, 0.3) is 0 Å². The summed E-state index contributed by atoms with van der Waals surface area (Å²) < 4.78 is 27.7. The molecule has 3 nitrogen and oxygen atoms in total. The first-order valence-corrected chi connectivity index (χ1v) is 10.3. The molecule has 1 saturated heterocycles. The third-order valence-electron chi connectivity index (χ3n) is 4.39. The molecule has 0 radical (unpaired) electrons.